The van der Waals surface area contributed by atoms with Crippen molar-refractivity contribution >= 4 is 11.3 Å². The smallest absolute Gasteiger partial charge is 0.261 e. The largest absolute Gasteiger partial charge is 0.375 e. The van der Waals surface area contributed by atoms with Crippen LogP contribution in [0.25, 0.3) is 0 Å². The SMILES string of the molecule is CC(C)C(CN)c1csc(CCOCC(F)F)n1. The van der Waals surface area contributed by atoms with Gasteiger partial charge >= 0.3 is 0 Å². The summed E-state index contributed by atoms with van der Waals surface area (Å²) in [6, 6.07) is 0. The van der Waals surface area contributed by atoms with E-state index in [2.05, 4.69) is 18.8 Å². The van der Waals surface area contributed by atoms with Crippen molar-refractivity contribution in [3.8, 4) is 0 Å². The van der Waals surface area contributed by atoms with Crippen LogP contribution in [0, 0.1) is 5.92 Å². The fraction of sp³-hybridized carbons (Fsp3) is 0.750. The van der Waals surface area contributed by atoms with Crippen LogP contribution in [0.2, 0.25) is 0 Å². The number of ether oxygens (including phenoxy) is 1. The summed E-state index contributed by atoms with van der Waals surface area (Å²) in [4.78, 5) is 4.49. The van der Waals surface area contributed by atoms with Gasteiger partial charge in [0, 0.05) is 24.3 Å². The molecule has 1 aromatic heterocycles. The molecule has 3 nitrogen and oxygen atoms in total. The molecule has 104 valence electrons. The summed E-state index contributed by atoms with van der Waals surface area (Å²) < 4.78 is 28.5. The van der Waals surface area contributed by atoms with Gasteiger partial charge in [0.25, 0.3) is 6.43 Å². The predicted molar refractivity (Wildman–Crippen MR) is 69.3 cm³/mol. The van der Waals surface area contributed by atoms with Crippen LogP contribution in [-0.2, 0) is 11.2 Å². The monoisotopic (exact) mass is 278 g/mol. The zero-order chi connectivity index (χ0) is 13.5. The van der Waals surface area contributed by atoms with Crippen molar-refractivity contribution in [2.45, 2.75) is 32.6 Å². The van der Waals surface area contributed by atoms with Gasteiger partial charge in [-0.3, -0.25) is 0 Å². The Hall–Kier alpha value is -0.590. The molecule has 1 unspecified atom stereocenters. The molecule has 0 saturated carbocycles. The molecule has 0 spiro atoms. The van der Waals surface area contributed by atoms with Gasteiger partial charge in [0.2, 0.25) is 0 Å². The van der Waals surface area contributed by atoms with Gasteiger partial charge in [-0.2, -0.15) is 0 Å². The van der Waals surface area contributed by atoms with Gasteiger partial charge in [-0.1, -0.05) is 13.8 Å². The standard InChI is InChI=1S/C12H20F2N2OS/c1-8(2)9(5-15)10-7-18-12(16-10)3-4-17-6-11(13)14/h7-9,11H,3-6,15H2,1-2H3. The molecule has 1 aromatic rings. The highest BCUT2D eigenvalue weighted by Gasteiger charge is 2.17. The number of alkyl halides is 2. The first kappa shape index (κ1) is 15.5. The van der Waals surface area contributed by atoms with E-state index < -0.39 is 13.0 Å². The maximum Gasteiger partial charge on any atom is 0.261 e. The zero-order valence-electron chi connectivity index (χ0n) is 10.7. The Labute approximate surface area is 110 Å². The second-order valence-electron chi connectivity index (χ2n) is 4.47. The van der Waals surface area contributed by atoms with Gasteiger partial charge in [-0.05, 0) is 5.92 Å². The van der Waals surface area contributed by atoms with Crippen molar-refractivity contribution in [3.63, 3.8) is 0 Å². The lowest BCUT2D eigenvalue weighted by molar-refractivity contribution is 0.0187. The molecular weight excluding hydrogens is 258 g/mol. The van der Waals surface area contributed by atoms with Crippen LogP contribution < -0.4 is 5.73 Å². The van der Waals surface area contributed by atoms with Gasteiger partial charge in [0.1, 0.15) is 6.61 Å². The predicted octanol–water partition coefficient (Wildman–Crippen LogP) is 2.67. The Kier molecular flexibility index (Phi) is 6.67. The normalized spacial score (nSPS) is 13.5. The van der Waals surface area contributed by atoms with Crippen molar-refractivity contribution in [3.05, 3.63) is 16.1 Å². The van der Waals surface area contributed by atoms with Crippen molar-refractivity contribution in [2.75, 3.05) is 19.8 Å². The molecular formula is C12H20F2N2OS. The molecule has 0 aliphatic rings. The second-order valence-corrected chi connectivity index (χ2v) is 5.41. The molecule has 2 N–H and O–H groups in total. The summed E-state index contributed by atoms with van der Waals surface area (Å²) in [6.07, 6.45) is -1.83. The molecule has 0 bridgehead atoms. The van der Waals surface area contributed by atoms with Crippen LogP contribution in [0.1, 0.15) is 30.5 Å². The highest BCUT2D eigenvalue weighted by molar-refractivity contribution is 7.09. The van der Waals surface area contributed by atoms with E-state index in [0.29, 0.717) is 18.9 Å². The van der Waals surface area contributed by atoms with Gasteiger partial charge in [-0.25, -0.2) is 13.8 Å². The first-order valence-corrected chi connectivity index (χ1v) is 6.92. The van der Waals surface area contributed by atoms with Crippen LogP contribution >= 0.6 is 11.3 Å². The summed E-state index contributed by atoms with van der Waals surface area (Å²) in [5.74, 6) is 0.706. The number of nitrogens with zero attached hydrogens (tertiary/aromatic N) is 1. The van der Waals surface area contributed by atoms with E-state index in [0.717, 1.165) is 10.7 Å². The number of aromatic nitrogens is 1. The molecule has 1 rings (SSSR count). The van der Waals surface area contributed by atoms with E-state index >= 15 is 0 Å². The second kappa shape index (κ2) is 7.76. The summed E-state index contributed by atoms with van der Waals surface area (Å²) in [5.41, 5.74) is 6.73. The van der Waals surface area contributed by atoms with Crippen LogP contribution in [0.5, 0.6) is 0 Å². The number of rotatable bonds is 8. The van der Waals surface area contributed by atoms with Gasteiger partial charge in [0.05, 0.1) is 17.3 Å². The minimum atomic E-state index is -2.40. The molecule has 1 atom stereocenters. The molecule has 0 aliphatic carbocycles. The van der Waals surface area contributed by atoms with Crippen molar-refractivity contribution < 1.29 is 13.5 Å². The number of hydrogen-bond acceptors (Lipinski definition) is 4. The Morgan fingerprint density at radius 2 is 2.17 bits per heavy atom. The lowest BCUT2D eigenvalue weighted by Gasteiger charge is -2.15. The lowest BCUT2D eigenvalue weighted by Crippen LogP contribution is -2.18. The average molecular weight is 278 g/mol. The van der Waals surface area contributed by atoms with Crippen LogP contribution in [0.3, 0.4) is 0 Å². The number of halogens is 2. The summed E-state index contributed by atoms with van der Waals surface area (Å²) in [7, 11) is 0. The van der Waals surface area contributed by atoms with Crippen LogP contribution in [0.15, 0.2) is 5.38 Å². The zero-order valence-corrected chi connectivity index (χ0v) is 11.6. The van der Waals surface area contributed by atoms with E-state index in [1.54, 1.807) is 0 Å². The fourth-order valence-electron chi connectivity index (χ4n) is 1.68. The Bertz CT molecular complexity index is 345. The minimum Gasteiger partial charge on any atom is -0.375 e. The lowest BCUT2D eigenvalue weighted by atomic mass is 9.93. The van der Waals surface area contributed by atoms with Crippen molar-refractivity contribution in [1.29, 1.82) is 0 Å². The molecule has 0 radical (unpaired) electrons. The third-order valence-electron chi connectivity index (χ3n) is 2.71. The van der Waals surface area contributed by atoms with Crippen LogP contribution in [0.4, 0.5) is 8.78 Å². The number of thiazole rings is 1. The van der Waals surface area contributed by atoms with Crippen molar-refractivity contribution in [2.24, 2.45) is 11.7 Å². The quantitative estimate of drug-likeness (QED) is 0.744. The molecule has 0 aromatic carbocycles. The molecule has 18 heavy (non-hydrogen) atoms. The van der Waals surface area contributed by atoms with E-state index in [-0.39, 0.29) is 12.5 Å². The summed E-state index contributed by atoms with van der Waals surface area (Å²) in [5, 5.41) is 2.92. The highest BCUT2D eigenvalue weighted by atomic mass is 32.1. The molecule has 0 aliphatic heterocycles. The Morgan fingerprint density at radius 3 is 2.72 bits per heavy atom. The molecule has 1 heterocycles. The fourth-order valence-corrected chi connectivity index (χ4v) is 2.52. The van der Waals surface area contributed by atoms with E-state index in [9.17, 15) is 8.78 Å². The molecule has 0 fully saturated rings. The Balaban J connectivity index is 2.43. The third kappa shape index (κ3) is 4.96. The Morgan fingerprint density at radius 1 is 1.44 bits per heavy atom. The summed E-state index contributed by atoms with van der Waals surface area (Å²) >= 11 is 1.54. The number of nitrogens with two attached hydrogens (primary N) is 1. The van der Waals surface area contributed by atoms with Gasteiger partial charge in [0.15, 0.2) is 0 Å². The van der Waals surface area contributed by atoms with Crippen LogP contribution in [-0.4, -0.2) is 31.2 Å². The summed E-state index contributed by atoms with van der Waals surface area (Å²) in [6.45, 7) is 4.58. The third-order valence-corrected chi connectivity index (χ3v) is 3.64. The molecule has 0 amide bonds. The molecule has 6 heteroatoms. The maximum absolute atomic E-state index is 11.9. The first-order valence-electron chi connectivity index (χ1n) is 6.04. The number of hydrogen-bond donors (Lipinski definition) is 1. The van der Waals surface area contributed by atoms with Gasteiger partial charge < -0.3 is 10.5 Å². The van der Waals surface area contributed by atoms with E-state index in [4.69, 9.17) is 10.5 Å². The first-order chi connectivity index (χ1) is 8.54. The highest BCUT2D eigenvalue weighted by Crippen LogP contribution is 2.24. The van der Waals surface area contributed by atoms with E-state index in [1.807, 2.05) is 5.38 Å². The maximum atomic E-state index is 11.9. The van der Waals surface area contributed by atoms with Crippen molar-refractivity contribution in [1.82, 2.24) is 4.98 Å². The van der Waals surface area contributed by atoms with E-state index in [1.165, 1.54) is 11.3 Å². The molecule has 0 saturated heterocycles. The van der Waals surface area contributed by atoms with Gasteiger partial charge in [-0.15, -0.1) is 11.3 Å². The minimum absolute atomic E-state index is 0.261. The average Bonchev–Trinajstić information content (AvgIpc) is 2.73. The topological polar surface area (TPSA) is 48.1 Å².